The molecular formula is C20H12F5N5OS. The number of thiophene rings is 1. The number of anilines is 2. The Morgan fingerprint density at radius 1 is 1.22 bits per heavy atom. The third-order valence-electron chi connectivity index (χ3n) is 4.83. The van der Waals surface area contributed by atoms with Crippen molar-refractivity contribution in [2.24, 2.45) is 0 Å². The van der Waals surface area contributed by atoms with Gasteiger partial charge in [0.05, 0.1) is 22.9 Å². The van der Waals surface area contributed by atoms with E-state index in [-0.39, 0.29) is 43.4 Å². The molecule has 6 nitrogen and oxygen atoms in total. The van der Waals surface area contributed by atoms with Gasteiger partial charge in [-0.3, -0.25) is 0 Å². The van der Waals surface area contributed by atoms with Gasteiger partial charge in [0.2, 0.25) is 0 Å². The number of methoxy groups -OCH3 is 1. The first kappa shape index (κ1) is 21.5. The molecule has 2 aromatic carbocycles. The molecule has 4 aromatic rings. The smallest absolute Gasteiger partial charge is 0.417 e. The van der Waals surface area contributed by atoms with E-state index in [0.717, 1.165) is 12.1 Å². The van der Waals surface area contributed by atoms with E-state index >= 15 is 4.39 Å². The third-order valence-corrected chi connectivity index (χ3v) is 5.86. The van der Waals surface area contributed by atoms with Crippen LogP contribution in [0, 0.1) is 23.0 Å². The summed E-state index contributed by atoms with van der Waals surface area (Å²) in [6.45, 7) is 0. The van der Waals surface area contributed by atoms with Gasteiger partial charge in [0.1, 0.15) is 28.2 Å². The predicted molar refractivity (Wildman–Crippen MR) is 111 cm³/mol. The maximum Gasteiger partial charge on any atom is 0.417 e. The summed E-state index contributed by atoms with van der Waals surface area (Å²) in [5.41, 5.74) is 2.55. The fourth-order valence-electron chi connectivity index (χ4n) is 3.48. The normalized spacial score (nSPS) is 11.7. The second-order valence-corrected chi connectivity index (χ2v) is 7.62. The number of aromatic nitrogens is 2. The van der Waals surface area contributed by atoms with Crippen LogP contribution in [0.5, 0.6) is 6.01 Å². The number of nitrogens with one attached hydrogen (secondary N) is 1. The van der Waals surface area contributed by atoms with Gasteiger partial charge >= 0.3 is 12.2 Å². The Labute approximate surface area is 181 Å². The Morgan fingerprint density at radius 2 is 1.94 bits per heavy atom. The van der Waals surface area contributed by atoms with Crippen LogP contribution in [0.15, 0.2) is 18.2 Å². The predicted octanol–water partition coefficient (Wildman–Crippen LogP) is 5.31. The molecule has 0 aliphatic heterocycles. The fourth-order valence-corrected chi connectivity index (χ4v) is 4.43. The molecule has 3 N–H and O–H groups in total. The molecule has 0 amide bonds. The fraction of sp³-hybridized carbons (Fsp3) is 0.150. The Kier molecular flexibility index (Phi) is 5.01. The number of hydrogen-bond donors (Lipinski definition) is 2. The number of nitrogens with zero attached hydrogens (tertiary/aromatic N) is 3. The highest BCUT2D eigenvalue weighted by Crippen LogP contribution is 2.47. The van der Waals surface area contributed by atoms with Crippen molar-refractivity contribution in [2.45, 2.75) is 6.18 Å². The summed E-state index contributed by atoms with van der Waals surface area (Å²) in [5, 5.41) is 11.5. The van der Waals surface area contributed by atoms with E-state index in [4.69, 9.17) is 10.5 Å². The van der Waals surface area contributed by atoms with E-state index in [1.165, 1.54) is 14.2 Å². The molecule has 0 radical (unpaired) electrons. The quantitative estimate of drug-likeness (QED) is 0.398. The molecule has 2 heterocycles. The largest absolute Gasteiger partial charge is 0.467 e. The molecule has 2 aromatic heterocycles. The molecule has 0 aliphatic carbocycles. The SMILES string of the molecule is CNc1nc(OC)nc2c(F)c(-c3ccc(F)c4sc(N)c(C#N)c34)c(C(F)(F)F)cc12. The molecule has 4 rings (SSSR count). The molecule has 0 aliphatic rings. The van der Waals surface area contributed by atoms with Crippen LogP contribution in [-0.4, -0.2) is 24.1 Å². The Morgan fingerprint density at radius 3 is 2.53 bits per heavy atom. The van der Waals surface area contributed by atoms with Crippen molar-refractivity contribution >= 4 is 43.1 Å². The zero-order valence-electron chi connectivity index (χ0n) is 16.4. The molecule has 164 valence electrons. The van der Waals surface area contributed by atoms with E-state index in [1.807, 2.05) is 0 Å². The first-order chi connectivity index (χ1) is 15.1. The number of nitrogens with two attached hydrogens (primary N) is 1. The lowest BCUT2D eigenvalue weighted by atomic mass is 9.92. The van der Waals surface area contributed by atoms with Crippen molar-refractivity contribution < 1.29 is 26.7 Å². The molecule has 0 saturated carbocycles. The van der Waals surface area contributed by atoms with E-state index in [0.29, 0.717) is 17.4 Å². The summed E-state index contributed by atoms with van der Waals surface area (Å²) in [5.74, 6) is -2.20. The number of nitrogen functional groups attached to an aromatic ring is 1. The molecule has 0 spiro atoms. The highest BCUT2D eigenvalue weighted by atomic mass is 32.1. The van der Waals surface area contributed by atoms with Gasteiger partial charge in [0, 0.05) is 23.4 Å². The summed E-state index contributed by atoms with van der Waals surface area (Å²) in [7, 11) is 2.62. The highest BCUT2D eigenvalue weighted by molar-refractivity contribution is 7.23. The molecule has 0 bridgehead atoms. The minimum absolute atomic E-state index is 0.0791. The monoisotopic (exact) mass is 465 g/mol. The van der Waals surface area contributed by atoms with Crippen molar-refractivity contribution in [3.63, 3.8) is 0 Å². The Bertz CT molecular complexity index is 1440. The Balaban J connectivity index is 2.25. The van der Waals surface area contributed by atoms with Crippen molar-refractivity contribution in [2.75, 3.05) is 25.2 Å². The molecular weight excluding hydrogens is 453 g/mol. The van der Waals surface area contributed by atoms with Crippen LogP contribution >= 0.6 is 11.3 Å². The number of halogens is 5. The Hall–Kier alpha value is -3.72. The number of benzene rings is 2. The van der Waals surface area contributed by atoms with Gasteiger partial charge in [-0.05, 0) is 17.7 Å². The van der Waals surface area contributed by atoms with Crippen molar-refractivity contribution in [1.82, 2.24) is 9.97 Å². The molecule has 12 heteroatoms. The summed E-state index contributed by atoms with van der Waals surface area (Å²) in [4.78, 5) is 7.79. The third kappa shape index (κ3) is 3.13. The van der Waals surface area contributed by atoms with Gasteiger partial charge in [-0.1, -0.05) is 6.07 Å². The maximum absolute atomic E-state index is 15.8. The van der Waals surface area contributed by atoms with Crippen molar-refractivity contribution in [3.05, 3.63) is 41.0 Å². The van der Waals surface area contributed by atoms with E-state index in [1.54, 1.807) is 6.07 Å². The van der Waals surface area contributed by atoms with Crippen LogP contribution in [0.4, 0.5) is 32.8 Å². The van der Waals surface area contributed by atoms with Gasteiger partial charge in [-0.15, -0.1) is 11.3 Å². The number of hydrogen-bond acceptors (Lipinski definition) is 7. The lowest BCUT2D eigenvalue weighted by Gasteiger charge is -2.18. The minimum atomic E-state index is -5.00. The molecule has 0 saturated heterocycles. The summed E-state index contributed by atoms with van der Waals surface area (Å²) >= 11 is 0.695. The standard InChI is InChI=1S/C20H12F5N5OS/c1-28-18-8-5-10(20(23,24)25)13(14(22)15(8)29-19(30-18)31-2)7-3-4-11(21)16-12(7)9(6-26)17(27)32-16/h3-5H,27H2,1-2H3,(H,28,29,30). The van der Waals surface area contributed by atoms with Crippen molar-refractivity contribution in [3.8, 4) is 23.2 Å². The molecule has 32 heavy (non-hydrogen) atoms. The second kappa shape index (κ2) is 7.45. The zero-order valence-corrected chi connectivity index (χ0v) is 17.2. The van der Waals surface area contributed by atoms with Crippen molar-refractivity contribution in [1.29, 1.82) is 5.26 Å². The van der Waals surface area contributed by atoms with Crippen LogP contribution in [0.25, 0.3) is 32.1 Å². The lowest BCUT2D eigenvalue weighted by Crippen LogP contribution is -2.11. The first-order valence-corrected chi connectivity index (χ1v) is 9.68. The summed E-state index contributed by atoms with van der Waals surface area (Å²) in [6, 6.07) is 4.09. The van der Waals surface area contributed by atoms with Crippen LogP contribution in [0.3, 0.4) is 0 Å². The average molecular weight is 465 g/mol. The number of rotatable bonds is 3. The molecule has 0 atom stereocenters. The van der Waals surface area contributed by atoms with Crippen LogP contribution in [0.1, 0.15) is 11.1 Å². The van der Waals surface area contributed by atoms with Gasteiger partial charge in [-0.2, -0.15) is 28.4 Å². The topological polar surface area (TPSA) is 96.8 Å². The number of alkyl halides is 3. The molecule has 0 unspecified atom stereocenters. The number of fused-ring (bicyclic) bond motifs is 2. The highest BCUT2D eigenvalue weighted by Gasteiger charge is 2.38. The second-order valence-electron chi connectivity index (χ2n) is 6.57. The lowest BCUT2D eigenvalue weighted by molar-refractivity contribution is -0.137. The summed E-state index contributed by atoms with van der Waals surface area (Å²) in [6.07, 6.45) is -5.00. The first-order valence-electron chi connectivity index (χ1n) is 8.86. The van der Waals surface area contributed by atoms with Gasteiger partial charge in [-0.25, -0.2) is 8.78 Å². The van der Waals surface area contributed by atoms with E-state index < -0.39 is 34.5 Å². The van der Waals surface area contributed by atoms with Crippen LogP contribution < -0.4 is 15.8 Å². The van der Waals surface area contributed by atoms with Gasteiger partial charge in [0.15, 0.2) is 5.82 Å². The number of nitriles is 1. The van der Waals surface area contributed by atoms with Gasteiger partial charge < -0.3 is 15.8 Å². The molecule has 0 fully saturated rings. The average Bonchev–Trinajstić information content (AvgIpc) is 3.10. The van der Waals surface area contributed by atoms with Crippen LogP contribution in [0.2, 0.25) is 0 Å². The van der Waals surface area contributed by atoms with Crippen LogP contribution in [-0.2, 0) is 6.18 Å². The van der Waals surface area contributed by atoms with E-state index in [9.17, 15) is 22.8 Å². The maximum atomic E-state index is 15.8. The minimum Gasteiger partial charge on any atom is -0.467 e. The van der Waals surface area contributed by atoms with E-state index in [2.05, 4.69) is 15.3 Å². The summed E-state index contributed by atoms with van der Waals surface area (Å²) < 4.78 is 77.2. The zero-order chi connectivity index (χ0) is 23.4. The van der Waals surface area contributed by atoms with Gasteiger partial charge in [0.25, 0.3) is 0 Å². The number of ether oxygens (including phenoxy) is 1.